The van der Waals surface area contributed by atoms with Gasteiger partial charge in [-0.05, 0) is 62.6 Å². The SMILES string of the molecule is CCOP(C)(=O)c1ccc2c(c1)nc(-c1ccccc1-c1ccc(C)cc1C)n2CC. The first-order valence-electron chi connectivity index (χ1n) is 10.8. The Bertz CT molecular complexity index is 1310. The third-order valence-corrected chi connectivity index (χ3v) is 7.70. The maximum absolute atomic E-state index is 12.9. The van der Waals surface area contributed by atoms with E-state index >= 15 is 0 Å². The van der Waals surface area contributed by atoms with E-state index in [2.05, 4.69) is 67.8 Å². The Labute approximate surface area is 184 Å². The number of aryl methyl sites for hydroxylation is 3. The molecule has 0 aliphatic heterocycles. The van der Waals surface area contributed by atoms with Crippen molar-refractivity contribution in [2.75, 3.05) is 13.3 Å². The molecule has 0 aliphatic rings. The number of benzene rings is 3. The summed E-state index contributed by atoms with van der Waals surface area (Å²) in [6.45, 7) is 11.1. The van der Waals surface area contributed by atoms with Crippen molar-refractivity contribution in [1.29, 1.82) is 0 Å². The lowest BCUT2D eigenvalue weighted by Gasteiger charge is -2.14. The summed E-state index contributed by atoms with van der Waals surface area (Å²) < 4.78 is 20.7. The maximum atomic E-state index is 12.9. The molecule has 0 fully saturated rings. The van der Waals surface area contributed by atoms with Gasteiger partial charge in [-0.3, -0.25) is 4.57 Å². The van der Waals surface area contributed by atoms with Crippen LogP contribution in [0, 0.1) is 13.8 Å². The van der Waals surface area contributed by atoms with E-state index in [-0.39, 0.29) is 0 Å². The molecule has 4 rings (SSSR count). The summed E-state index contributed by atoms with van der Waals surface area (Å²) in [5.41, 5.74) is 7.85. The zero-order valence-electron chi connectivity index (χ0n) is 18.8. The van der Waals surface area contributed by atoms with Gasteiger partial charge >= 0.3 is 0 Å². The molecule has 0 N–H and O–H groups in total. The molecule has 1 heterocycles. The lowest BCUT2D eigenvalue weighted by Crippen LogP contribution is -2.06. The molecule has 4 aromatic rings. The van der Waals surface area contributed by atoms with Gasteiger partial charge in [0.15, 0.2) is 0 Å². The molecule has 0 bridgehead atoms. The lowest BCUT2D eigenvalue weighted by molar-refractivity contribution is 0.345. The van der Waals surface area contributed by atoms with Crippen molar-refractivity contribution in [3.05, 3.63) is 71.8 Å². The molecule has 0 amide bonds. The predicted octanol–water partition coefficient (Wildman–Crippen LogP) is 6.58. The van der Waals surface area contributed by atoms with E-state index in [1.54, 1.807) is 6.66 Å². The van der Waals surface area contributed by atoms with E-state index in [9.17, 15) is 4.57 Å². The van der Waals surface area contributed by atoms with Crippen molar-refractivity contribution < 1.29 is 9.09 Å². The minimum Gasteiger partial charge on any atom is -0.326 e. The molecule has 1 unspecified atom stereocenters. The maximum Gasteiger partial charge on any atom is 0.229 e. The van der Waals surface area contributed by atoms with Gasteiger partial charge in [0, 0.05) is 24.1 Å². The second kappa shape index (κ2) is 8.45. The molecule has 160 valence electrons. The van der Waals surface area contributed by atoms with Crippen molar-refractivity contribution in [1.82, 2.24) is 9.55 Å². The van der Waals surface area contributed by atoms with Gasteiger partial charge < -0.3 is 9.09 Å². The molecule has 1 aromatic heterocycles. The minimum atomic E-state index is -2.85. The van der Waals surface area contributed by atoms with Crippen LogP contribution in [-0.4, -0.2) is 22.8 Å². The molecule has 31 heavy (non-hydrogen) atoms. The van der Waals surface area contributed by atoms with Gasteiger partial charge in [-0.1, -0.05) is 48.0 Å². The molecule has 0 aliphatic carbocycles. The van der Waals surface area contributed by atoms with Crippen LogP contribution in [0.1, 0.15) is 25.0 Å². The summed E-state index contributed by atoms with van der Waals surface area (Å²) in [6.07, 6.45) is 0. The molecule has 0 saturated carbocycles. The average Bonchev–Trinajstić information content (AvgIpc) is 3.11. The van der Waals surface area contributed by atoms with Gasteiger partial charge in [-0.15, -0.1) is 0 Å². The fourth-order valence-electron chi connectivity index (χ4n) is 4.25. The highest BCUT2D eigenvalue weighted by atomic mass is 31.2. The van der Waals surface area contributed by atoms with Crippen LogP contribution in [0.4, 0.5) is 0 Å². The molecule has 0 radical (unpaired) electrons. The summed E-state index contributed by atoms with van der Waals surface area (Å²) in [5.74, 6) is 0.924. The van der Waals surface area contributed by atoms with Crippen molar-refractivity contribution in [2.45, 2.75) is 34.2 Å². The highest BCUT2D eigenvalue weighted by Crippen LogP contribution is 2.42. The normalized spacial score (nSPS) is 13.5. The number of hydrogen-bond donors (Lipinski definition) is 0. The van der Waals surface area contributed by atoms with E-state index in [1.807, 2.05) is 25.1 Å². The first-order valence-corrected chi connectivity index (χ1v) is 12.8. The Morgan fingerprint density at radius 2 is 1.68 bits per heavy atom. The molecule has 0 spiro atoms. The Kier molecular flexibility index (Phi) is 5.88. The standard InChI is InChI=1S/C26H29N2O2P/c1-6-28-25-15-13-20(31(5,29)30-7-2)17-24(25)27-26(28)23-11-9-8-10-22(23)21-14-12-18(3)16-19(21)4/h8-17H,6-7H2,1-5H3. The number of fused-ring (bicyclic) bond motifs is 1. The molecule has 3 aromatic carbocycles. The van der Waals surface area contributed by atoms with Crippen LogP contribution in [0.3, 0.4) is 0 Å². The van der Waals surface area contributed by atoms with Gasteiger partial charge in [0.25, 0.3) is 0 Å². The lowest BCUT2D eigenvalue weighted by atomic mass is 9.94. The van der Waals surface area contributed by atoms with Crippen molar-refractivity contribution in [3.63, 3.8) is 0 Å². The average molecular weight is 433 g/mol. The Morgan fingerprint density at radius 1 is 0.935 bits per heavy atom. The van der Waals surface area contributed by atoms with E-state index in [0.717, 1.165) is 29.0 Å². The van der Waals surface area contributed by atoms with Gasteiger partial charge in [0.05, 0.1) is 17.6 Å². The second-order valence-electron chi connectivity index (χ2n) is 7.98. The van der Waals surface area contributed by atoms with Gasteiger partial charge in [-0.2, -0.15) is 0 Å². The van der Waals surface area contributed by atoms with E-state index in [0.29, 0.717) is 11.9 Å². The Balaban J connectivity index is 1.92. The van der Waals surface area contributed by atoms with Gasteiger partial charge in [0.1, 0.15) is 5.82 Å². The third-order valence-electron chi connectivity index (χ3n) is 5.73. The highest BCUT2D eigenvalue weighted by Gasteiger charge is 2.22. The van der Waals surface area contributed by atoms with Crippen LogP contribution >= 0.6 is 7.37 Å². The summed E-state index contributed by atoms with van der Waals surface area (Å²) >= 11 is 0. The van der Waals surface area contributed by atoms with Gasteiger partial charge in [0.2, 0.25) is 7.37 Å². The topological polar surface area (TPSA) is 44.1 Å². The van der Waals surface area contributed by atoms with Crippen molar-refractivity contribution in [3.8, 4) is 22.5 Å². The van der Waals surface area contributed by atoms with Crippen LogP contribution in [0.25, 0.3) is 33.5 Å². The van der Waals surface area contributed by atoms with Crippen molar-refractivity contribution >= 4 is 23.7 Å². The largest absolute Gasteiger partial charge is 0.326 e. The molecular formula is C26H29N2O2P. The summed E-state index contributed by atoms with van der Waals surface area (Å²) in [4.78, 5) is 5.01. The number of rotatable bonds is 6. The zero-order valence-corrected chi connectivity index (χ0v) is 19.7. The van der Waals surface area contributed by atoms with Gasteiger partial charge in [-0.25, -0.2) is 4.98 Å². The fourth-order valence-corrected chi connectivity index (χ4v) is 5.59. The number of aromatic nitrogens is 2. The van der Waals surface area contributed by atoms with Crippen LogP contribution in [0.5, 0.6) is 0 Å². The Hall–Kier alpha value is -2.68. The molecule has 4 nitrogen and oxygen atoms in total. The number of hydrogen-bond acceptors (Lipinski definition) is 3. The van der Waals surface area contributed by atoms with Crippen LogP contribution in [-0.2, 0) is 15.6 Å². The van der Waals surface area contributed by atoms with Crippen LogP contribution < -0.4 is 5.30 Å². The Morgan fingerprint density at radius 3 is 2.35 bits per heavy atom. The molecule has 1 atom stereocenters. The number of imidazole rings is 1. The van der Waals surface area contributed by atoms with Crippen molar-refractivity contribution in [2.24, 2.45) is 0 Å². The first-order chi connectivity index (χ1) is 14.9. The van der Waals surface area contributed by atoms with Crippen LogP contribution in [0.2, 0.25) is 0 Å². The summed E-state index contributed by atoms with van der Waals surface area (Å²) in [6, 6.07) is 20.8. The highest BCUT2D eigenvalue weighted by molar-refractivity contribution is 7.66. The monoisotopic (exact) mass is 432 g/mol. The summed E-state index contributed by atoms with van der Waals surface area (Å²) in [7, 11) is -2.85. The molecular weight excluding hydrogens is 403 g/mol. The van der Waals surface area contributed by atoms with E-state index in [4.69, 9.17) is 9.51 Å². The third kappa shape index (κ3) is 3.98. The van der Waals surface area contributed by atoms with E-state index < -0.39 is 7.37 Å². The minimum absolute atomic E-state index is 0.420. The second-order valence-corrected chi connectivity index (χ2v) is 10.4. The number of nitrogens with zero attached hydrogens (tertiary/aromatic N) is 2. The fraction of sp³-hybridized carbons (Fsp3) is 0.269. The summed E-state index contributed by atoms with van der Waals surface area (Å²) in [5, 5.41) is 0.705. The smallest absolute Gasteiger partial charge is 0.229 e. The molecule has 0 saturated heterocycles. The first kappa shape index (κ1) is 21.5. The van der Waals surface area contributed by atoms with E-state index in [1.165, 1.54) is 22.3 Å². The quantitative estimate of drug-likeness (QED) is 0.323. The van der Waals surface area contributed by atoms with Crippen LogP contribution in [0.15, 0.2) is 60.7 Å². The molecule has 5 heteroatoms. The predicted molar refractivity (Wildman–Crippen MR) is 131 cm³/mol. The zero-order chi connectivity index (χ0) is 22.2.